The quantitative estimate of drug-likeness (QED) is 0.336. The van der Waals surface area contributed by atoms with Crippen molar-refractivity contribution in [1.29, 1.82) is 0 Å². The average Bonchev–Trinajstić information content (AvgIpc) is 2.59. The van der Waals surface area contributed by atoms with Gasteiger partial charge in [0.05, 0.1) is 6.61 Å². The van der Waals surface area contributed by atoms with E-state index in [0.29, 0.717) is 5.92 Å². The standard InChI is InChI=1S/C15H29NO.C5H10.C2H6/c1-7-10-15(14(8-2)13(4)5)16(9-3)11-12-17-6;1-3-5-4-2;1-2/h8,10,13H,7,9,11-12H2,1-6H3;3,5H,4H2,1-2H3;1-2H3/b14-8+,15-10+;5-3-;. The summed E-state index contributed by atoms with van der Waals surface area (Å²) in [7, 11) is 1.76. The van der Waals surface area contributed by atoms with Crippen LogP contribution in [0.4, 0.5) is 0 Å². The van der Waals surface area contributed by atoms with Crippen molar-refractivity contribution in [1.82, 2.24) is 4.90 Å². The molecule has 0 aliphatic carbocycles. The summed E-state index contributed by atoms with van der Waals surface area (Å²) < 4.78 is 5.19. The van der Waals surface area contributed by atoms with E-state index in [0.717, 1.165) is 32.5 Å². The Bertz CT molecular complexity index is 327. The van der Waals surface area contributed by atoms with Crippen molar-refractivity contribution < 1.29 is 4.74 Å². The van der Waals surface area contributed by atoms with Gasteiger partial charge in [0.15, 0.2) is 0 Å². The fourth-order valence-corrected chi connectivity index (χ4v) is 2.29. The Kier molecular flexibility index (Phi) is 25.5. The summed E-state index contributed by atoms with van der Waals surface area (Å²) >= 11 is 0. The average molecular weight is 340 g/mol. The van der Waals surface area contributed by atoms with Crippen molar-refractivity contribution in [3.05, 3.63) is 35.6 Å². The van der Waals surface area contributed by atoms with E-state index in [9.17, 15) is 0 Å². The first-order valence-corrected chi connectivity index (χ1v) is 9.75. The Morgan fingerprint density at radius 1 is 1.04 bits per heavy atom. The lowest BCUT2D eigenvalue weighted by atomic mass is 9.98. The normalized spacial score (nSPS) is 11.8. The Morgan fingerprint density at radius 2 is 1.62 bits per heavy atom. The van der Waals surface area contributed by atoms with E-state index in [1.165, 1.54) is 11.3 Å². The van der Waals surface area contributed by atoms with Crippen molar-refractivity contribution in [2.75, 3.05) is 26.8 Å². The monoisotopic (exact) mass is 339 g/mol. The topological polar surface area (TPSA) is 12.5 Å². The molecule has 0 aromatic carbocycles. The molecule has 0 heterocycles. The zero-order valence-electron chi connectivity index (χ0n) is 18.3. The Hall–Kier alpha value is -1.02. The third-order valence-corrected chi connectivity index (χ3v) is 3.39. The van der Waals surface area contributed by atoms with Gasteiger partial charge in [0, 0.05) is 25.9 Å². The molecule has 2 nitrogen and oxygen atoms in total. The summed E-state index contributed by atoms with van der Waals surface area (Å²) in [6, 6.07) is 0. The van der Waals surface area contributed by atoms with Gasteiger partial charge in [-0.25, -0.2) is 0 Å². The van der Waals surface area contributed by atoms with Gasteiger partial charge >= 0.3 is 0 Å². The van der Waals surface area contributed by atoms with Gasteiger partial charge in [0.2, 0.25) is 0 Å². The first-order valence-electron chi connectivity index (χ1n) is 9.75. The third kappa shape index (κ3) is 14.6. The Balaban J connectivity index is -0.000000534. The maximum atomic E-state index is 5.19. The Labute approximate surface area is 153 Å². The Morgan fingerprint density at radius 3 is 1.88 bits per heavy atom. The lowest BCUT2D eigenvalue weighted by Gasteiger charge is -2.29. The molecule has 0 aromatic rings. The van der Waals surface area contributed by atoms with Crippen LogP contribution in [0.1, 0.15) is 75.2 Å². The summed E-state index contributed by atoms with van der Waals surface area (Å²) in [5.74, 6) is 0.564. The fourth-order valence-electron chi connectivity index (χ4n) is 2.29. The molecule has 0 aliphatic heterocycles. The van der Waals surface area contributed by atoms with E-state index in [1.54, 1.807) is 7.11 Å². The van der Waals surface area contributed by atoms with Gasteiger partial charge < -0.3 is 9.64 Å². The fraction of sp³-hybridized carbons (Fsp3) is 0.727. The van der Waals surface area contributed by atoms with Crippen LogP contribution in [0.25, 0.3) is 0 Å². The lowest BCUT2D eigenvalue weighted by Crippen LogP contribution is -2.28. The summed E-state index contributed by atoms with van der Waals surface area (Å²) in [5, 5.41) is 0. The molecular formula is C22H45NO. The smallest absolute Gasteiger partial charge is 0.0637 e. The van der Waals surface area contributed by atoms with Gasteiger partial charge in [-0.3, -0.25) is 0 Å². The number of ether oxygens (including phenoxy) is 1. The van der Waals surface area contributed by atoms with E-state index in [2.05, 4.69) is 70.7 Å². The first-order chi connectivity index (χ1) is 11.5. The third-order valence-electron chi connectivity index (χ3n) is 3.39. The van der Waals surface area contributed by atoms with Crippen LogP contribution in [0.3, 0.4) is 0 Å². The lowest BCUT2D eigenvalue weighted by molar-refractivity contribution is 0.166. The predicted molar refractivity (Wildman–Crippen MR) is 113 cm³/mol. The highest BCUT2D eigenvalue weighted by Gasteiger charge is 2.14. The van der Waals surface area contributed by atoms with Gasteiger partial charge in [-0.05, 0) is 45.1 Å². The molecular weight excluding hydrogens is 294 g/mol. The van der Waals surface area contributed by atoms with E-state index < -0.39 is 0 Å². The second-order valence-electron chi connectivity index (χ2n) is 5.45. The van der Waals surface area contributed by atoms with Crippen LogP contribution >= 0.6 is 0 Å². The molecule has 0 aromatic heterocycles. The number of nitrogens with zero attached hydrogens (tertiary/aromatic N) is 1. The van der Waals surface area contributed by atoms with Crippen molar-refractivity contribution in [2.45, 2.75) is 75.2 Å². The van der Waals surface area contributed by atoms with Crippen molar-refractivity contribution in [2.24, 2.45) is 5.92 Å². The minimum absolute atomic E-state index is 0.564. The molecule has 0 saturated carbocycles. The van der Waals surface area contributed by atoms with E-state index >= 15 is 0 Å². The SMILES string of the molecule is C/C=C(/C(=C\CC)N(CC)CCOC)C(C)C.C/C=C\CC.CC. The van der Waals surface area contributed by atoms with Gasteiger partial charge in [-0.1, -0.05) is 65.8 Å². The van der Waals surface area contributed by atoms with Crippen molar-refractivity contribution in [3.63, 3.8) is 0 Å². The van der Waals surface area contributed by atoms with E-state index in [4.69, 9.17) is 4.74 Å². The molecule has 24 heavy (non-hydrogen) atoms. The number of hydrogen-bond donors (Lipinski definition) is 0. The van der Waals surface area contributed by atoms with Gasteiger partial charge in [-0.2, -0.15) is 0 Å². The summed E-state index contributed by atoms with van der Waals surface area (Å²) in [4.78, 5) is 2.41. The van der Waals surface area contributed by atoms with Crippen LogP contribution in [-0.2, 0) is 4.74 Å². The molecule has 0 aliphatic rings. The molecule has 144 valence electrons. The number of likely N-dealkylation sites (N-methyl/N-ethyl adjacent to an activating group) is 1. The second kappa shape index (κ2) is 22.0. The van der Waals surface area contributed by atoms with Gasteiger partial charge in [0.1, 0.15) is 0 Å². The molecule has 0 rings (SSSR count). The second-order valence-corrected chi connectivity index (χ2v) is 5.45. The molecule has 0 saturated heterocycles. The molecule has 0 fully saturated rings. The van der Waals surface area contributed by atoms with Crippen LogP contribution in [-0.4, -0.2) is 31.7 Å². The van der Waals surface area contributed by atoms with Gasteiger partial charge in [-0.15, -0.1) is 0 Å². The molecule has 0 N–H and O–H groups in total. The van der Waals surface area contributed by atoms with Crippen LogP contribution in [0.15, 0.2) is 35.6 Å². The number of methoxy groups -OCH3 is 1. The van der Waals surface area contributed by atoms with Crippen LogP contribution < -0.4 is 0 Å². The number of allylic oxidation sites excluding steroid dienone is 5. The molecule has 0 unspecified atom stereocenters. The molecule has 0 radical (unpaired) electrons. The highest BCUT2D eigenvalue weighted by atomic mass is 16.5. The zero-order chi connectivity index (χ0) is 19.4. The van der Waals surface area contributed by atoms with Crippen LogP contribution in [0.5, 0.6) is 0 Å². The molecule has 0 atom stereocenters. The summed E-state index contributed by atoms with van der Waals surface area (Å²) in [6.07, 6.45) is 11.0. The minimum Gasteiger partial charge on any atom is -0.383 e. The van der Waals surface area contributed by atoms with Crippen LogP contribution in [0.2, 0.25) is 0 Å². The highest BCUT2D eigenvalue weighted by molar-refractivity contribution is 5.31. The van der Waals surface area contributed by atoms with E-state index in [1.807, 2.05) is 20.8 Å². The van der Waals surface area contributed by atoms with Crippen molar-refractivity contribution >= 4 is 0 Å². The van der Waals surface area contributed by atoms with Crippen molar-refractivity contribution in [3.8, 4) is 0 Å². The molecule has 2 heteroatoms. The molecule has 0 bridgehead atoms. The summed E-state index contributed by atoms with van der Waals surface area (Å²) in [6.45, 7) is 22.0. The molecule has 0 spiro atoms. The summed E-state index contributed by atoms with van der Waals surface area (Å²) in [5.41, 5.74) is 2.81. The number of rotatable bonds is 9. The minimum atomic E-state index is 0.564. The first kappa shape index (κ1) is 27.8. The molecule has 0 amide bonds. The maximum absolute atomic E-state index is 5.19. The maximum Gasteiger partial charge on any atom is 0.0637 e. The largest absolute Gasteiger partial charge is 0.383 e. The zero-order valence-corrected chi connectivity index (χ0v) is 18.3. The predicted octanol–water partition coefficient (Wildman–Crippen LogP) is 6.85. The van der Waals surface area contributed by atoms with Crippen LogP contribution in [0, 0.1) is 5.92 Å². The highest BCUT2D eigenvalue weighted by Crippen LogP contribution is 2.23. The number of hydrogen-bond acceptors (Lipinski definition) is 2. The van der Waals surface area contributed by atoms with E-state index in [-0.39, 0.29) is 0 Å². The van der Waals surface area contributed by atoms with Gasteiger partial charge in [0.25, 0.3) is 0 Å².